The Hall–Kier alpha value is -2.31. The number of nitrogens with two attached hydrogens (primary N) is 1. The minimum atomic E-state index is 0.0967. The third-order valence-electron chi connectivity index (χ3n) is 6.75. The third-order valence-corrected chi connectivity index (χ3v) is 7.56. The lowest BCUT2D eigenvalue weighted by Gasteiger charge is -2.34. The van der Waals surface area contributed by atoms with Crippen molar-refractivity contribution in [1.82, 2.24) is 14.9 Å². The van der Waals surface area contributed by atoms with Crippen molar-refractivity contribution in [3.63, 3.8) is 0 Å². The Morgan fingerprint density at radius 3 is 2.67 bits per heavy atom. The van der Waals surface area contributed by atoms with Gasteiger partial charge in [0.25, 0.3) is 5.91 Å². The van der Waals surface area contributed by atoms with Gasteiger partial charge in [0.15, 0.2) is 0 Å². The lowest BCUT2D eigenvalue weighted by atomic mass is 9.90. The second kappa shape index (κ2) is 7.75. The highest BCUT2D eigenvalue weighted by Crippen LogP contribution is 2.55. The summed E-state index contributed by atoms with van der Waals surface area (Å²) in [5.74, 6) is 1.86. The number of fused-ring (bicyclic) bond motifs is 1. The fourth-order valence-corrected chi connectivity index (χ4v) is 5.75. The van der Waals surface area contributed by atoms with Crippen molar-refractivity contribution >= 4 is 27.5 Å². The topological polar surface area (TPSA) is 72.1 Å². The molecule has 0 spiro atoms. The average molecular weight is 421 g/mol. The highest BCUT2D eigenvalue weighted by molar-refractivity contribution is 7.16. The summed E-state index contributed by atoms with van der Waals surface area (Å²) in [7, 11) is 1.92. The van der Waals surface area contributed by atoms with E-state index in [0.717, 1.165) is 48.3 Å². The maximum atomic E-state index is 13.0. The van der Waals surface area contributed by atoms with Gasteiger partial charge in [-0.3, -0.25) is 4.79 Å². The highest BCUT2D eigenvalue weighted by atomic mass is 32.1. The van der Waals surface area contributed by atoms with Crippen LogP contribution in [-0.2, 0) is 0 Å². The van der Waals surface area contributed by atoms with Gasteiger partial charge >= 0.3 is 0 Å². The third kappa shape index (κ3) is 3.63. The van der Waals surface area contributed by atoms with Crippen molar-refractivity contribution in [1.29, 1.82) is 0 Å². The number of benzene rings is 1. The number of carbonyl (C=O) groups excluding carboxylic acids is 1. The molecule has 30 heavy (non-hydrogen) atoms. The van der Waals surface area contributed by atoms with Crippen LogP contribution in [0.2, 0.25) is 0 Å². The number of nitrogens with zero attached hydrogens (tertiary/aromatic N) is 3. The van der Waals surface area contributed by atoms with E-state index in [-0.39, 0.29) is 18.0 Å². The molecular formula is C24H28N4OS. The van der Waals surface area contributed by atoms with Gasteiger partial charge in [-0.05, 0) is 74.1 Å². The van der Waals surface area contributed by atoms with Gasteiger partial charge in [0, 0.05) is 36.0 Å². The molecule has 0 saturated heterocycles. The van der Waals surface area contributed by atoms with Crippen LogP contribution in [0.1, 0.15) is 71.4 Å². The Kier molecular flexibility index (Phi) is 5.07. The van der Waals surface area contributed by atoms with Gasteiger partial charge < -0.3 is 10.6 Å². The number of carbonyl (C=O) groups is 1. The lowest BCUT2D eigenvalue weighted by molar-refractivity contribution is 0.0688. The molecule has 3 aromatic rings. The van der Waals surface area contributed by atoms with Crippen LogP contribution in [0.15, 0.2) is 35.7 Å². The van der Waals surface area contributed by atoms with Crippen LogP contribution in [-0.4, -0.2) is 39.9 Å². The number of hydrogen-bond acceptors (Lipinski definition) is 5. The monoisotopic (exact) mass is 420 g/mol. The summed E-state index contributed by atoms with van der Waals surface area (Å²) in [4.78, 5) is 25.2. The van der Waals surface area contributed by atoms with Crippen LogP contribution in [0.25, 0.3) is 10.2 Å². The van der Waals surface area contributed by atoms with Crippen molar-refractivity contribution in [3.8, 4) is 0 Å². The Labute approximate surface area is 181 Å². The van der Waals surface area contributed by atoms with Gasteiger partial charge in [-0.2, -0.15) is 0 Å². The first-order valence-corrected chi connectivity index (χ1v) is 11.7. The molecule has 5 rings (SSSR count). The number of aryl methyl sites for hydroxylation is 1. The molecule has 0 radical (unpaired) electrons. The maximum absolute atomic E-state index is 13.0. The minimum absolute atomic E-state index is 0.0967. The van der Waals surface area contributed by atoms with Gasteiger partial charge in [0.1, 0.15) is 10.7 Å². The van der Waals surface area contributed by atoms with Crippen LogP contribution in [0, 0.1) is 6.92 Å². The largest absolute Gasteiger partial charge is 0.339 e. The second-order valence-corrected chi connectivity index (χ2v) is 9.76. The van der Waals surface area contributed by atoms with E-state index in [0.29, 0.717) is 11.8 Å². The average Bonchev–Trinajstić information content (AvgIpc) is 3.41. The Bertz CT molecular complexity index is 1080. The maximum Gasteiger partial charge on any atom is 0.253 e. The Morgan fingerprint density at radius 1 is 1.10 bits per heavy atom. The van der Waals surface area contributed by atoms with Crippen molar-refractivity contribution in [3.05, 3.63) is 58.4 Å². The highest BCUT2D eigenvalue weighted by Gasteiger charge is 2.42. The molecule has 1 aromatic carbocycles. The predicted octanol–water partition coefficient (Wildman–Crippen LogP) is 4.61. The summed E-state index contributed by atoms with van der Waals surface area (Å²) in [5, 5.41) is 3.28. The molecule has 6 heteroatoms. The first kappa shape index (κ1) is 19.6. The molecule has 0 aliphatic heterocycles. The van der Waals surface area contributed by atoms with E-state index in [1.165, 1.54) is 16.6 Å². The van der Waals surface area contributed by atoms with Gasteiger partial charge in [0.2, 0.25) is 0 Å². The molecule has 0 bridgehead atoms. The molecule has 5 nitrogen and oxygen atoms in total. The summed E-state index contributed by atoms with van der Waals surface area (Å²) in [6, 6.07) is 10.8. The normalized spacial score (nSPS) is 26.0. The second-order valence-electron chi connectivity index (χ2n) is 8.86. The van der Waals surface area contributed by atoms with E-state index in [4.69, 9.17) is 10.7 Å². The molecule has 2 aromatic heterocycles. The van der Waals surface area contributed by atoms with E-state index in [1.807, 2.05) is 31.0 Å². The number of aromatic nitrogens is 2. The predicted molar refractivity (Wildman–Crippen MR) is 121 cm³/mol. The van der Waals surface area contributed by atoms with Crippen LogP contribution in [0.4, 0.5) is 0 Å². The Balaban J connectivity index is 1.30. The number of rotatable bonds is 4. The number of amides is 1. The summed E-state index contributed by atoms with van der Waals surface area (Å²) in [5.41, 5.74) is 9.34. The van der Waals surface area contributed by atoms with E-state index < -0.39 is 0 Å². The molecule has 156 valence electrons. The zero-order chi connectivity index (χ0) is 20.8. The van der Waals surface area contributed by atoms with Gasteiger partial charge in [-0.1, -0.05) is 12.1 Å². The van der Waals surface area contributed by atoms with Crippen molar-refractivity contribution < 1.29 is 4.79 Å². The molecule has 2 N–H and O–H groups in total. The van der Waals surface area contributed by atoms with Crippen LogP contribution in [0.3, 0.4) is 0 Å². The summed E-state index contributed by atoms with van der Waals surface area (Å²) >= 11 is 1.68. The van der Waals surface area contributed by atoms with E-state index in [2.05, 4.69) is 28.6 Å². The number of thiophene rings is 1. The van der Waals surface area contributed by atoms with Crippen molar-refractivity contribution in [2.24, 2.45) is 5.73 Å². The summed E-state index contributed by atoms with van der Waals surface area (Å²) < 4.78 is 0. The van der Waals surface area contributed by atoms with Gasteiger partial charge in [0.05, 0.1) is 5.69 Å². The fraction of sp³-hybridized carbons (Fsp3) is 0.458. The first-order valence-electron chi connectivity index (χ1n) is 10.9. The SMILES string of the molecule is Cc1nc(C2CC2c2ccc(C(=O)N(C)[C@@H]3CCC[C@H](N)C3)cc2)c2ccsc2n1. The van der Waals surface area contributed by atoms with E-state index in [1.54, 1.807) is 11.3 Å². The number of hydrogen-bond donors (Lipinski definition) is 1. The van der Waals surface area contributed by atoms with Crippen molar-refractivity contribution in [2.75, 3.05) is 7.05 Å². The van der Waals surface area contributed by atoms with Crippen molar-refractivity contribution in [2.45, 2.75) is 62.9 Å². The minimum Gasteiger partial charge on any atom is -0.339 e. The fourth-order valence-electron chi connectivity index (χ4n) is 4.93. The molecule has 2 aliphatic carbocycles. The molecule has 4 atom stereocenters. The zero-order valence-electron chi connectivity index (χ0n) is 17.5. The summed E-state index contributed by atoms with van der Waals surface area (Å²) in [6.45, 7) is 1.97. The first-order chi connectivity index (χ1) is 14.5. The molecule has 2 aliphatic rings. The van der Waals surface area contributed by atoms with Gasteiger partial charge in [-0.25, -0.2) is 9.97 Å². The smallest absolute Gasteiger partial charge is 0.253 e. The van der Waals surface area contributed by atoms with Crippen LogP contribution in [0.5, 0.6) is 0 Å². The quantitative estimate of drug-likeness (QED) is 0.669. The van der Waals surface area contributed by atoms with E-state index >= 15 is 0 Å². The van der Waals surface area contributed by atoms with E-state index in [9.17, 15) is 4.79 Å². The molecule has 2 saturated carbocycles. The lowest BCUT2D eigenvalue weighted by Crippen LogP contribution is -2.43. The molecule has 2 fully saturated rings. The zero-order valence-corrected chi connectivity index (χ0v) is 18.4. The molecule has 1 amide bonds. The molecule has 2 heterocycles. The van der Waals surface area contributed by atoms with Crippen LogP contribution < -0.4 is 5.73 Å². The summed E-state index contributed by atoms with van der Waals surface area (Å²) in [6.07, 6.45) is 5.23. The molecule has 2 unspecified atom stereocenters. The Morgan fingerprint density at radius 2 is 1.90 bits per heavy atom. The molecular weight excluding hydrogens is 392 g/mol. The van der Waals surface area contributed by atoms with Crippen LogP contribution >= 0.6 is 11.3 Å². The standard InChI is InChI=1S/C24H28N4OS/c1-14-26-22(19-10-11-30-23(19)27-14)21-13-20(21)15-6-8-16(9-7-15)24(29)28(2)18-5-3-4-17(25)12-18/h6-11,17-18,20-21H,3-5,12-13,25H2,1-2H3/t17-,18+,20?,21?/m0/s1. The van der Waals surface area contributed by atoms with Gasteiger partial charge in [-0.15, -0.1) is 11.3 Å².